The summed E-state index contributed by atoms with van der Waals surface area (Å²) in [4.78, 5) is 19.4. The Hall–Kier alpha value is -2.88. The summed E-state index contributed by atoms with van der Waals surface area (Å²) in [5.41, 5.74) is -2.70. The number of alkyl halides is 3. The highest BCUT2D eigenvalue weighted by atomic mass is 32.2. The Labute approximate surface area is 180 Å². The van der Waals surface area contributed by atoms with Gasteiger partial charge in [-0.3, -0.25) is 9.55 Å². The third-order valence-electron chi connectivity index (χ3n) is 5.19. The summed E-state index contributed by atoms with van der Waals surface area (Å²) in [5.74, 6) is -0.283. The first-order valence-electron chi connectivity index (χ1n) is 9.87. The Morgan fingerprint density at radius 3 is 2.45 bits per heavy atom. The number of aromatic nitrogens is 3. The number of hydrogen-bond acceptors (Lipinski definition) is 5. The summed E-state index contributed by atoms with van der Waals surface area (Å²) >= 11 is -0.231. The van der Waals surface area contributed by atoms with Gasteiger partial charge in [0.2, 0.25) is 5.88 Å². The second-order valence-electron chi connectivity index (χ2n) is 7.33. The van der Waals surface area contributed by atoms with Crippen LogP contribution in [0.1, 0.15) is 24.8 Å². The molecule has 1 aliphatic rings. The predicted molar refractivity (Wildman–Crippen MR) is 113 cm³/mol. The van der Waals surface area contributed by atoms with E-state index in [-0.39, 0.29) is 29.1 Å². The van der Waals surface area contributed by atoms with Crippen molar-refractivity contribution in [2.24, 2.45) is 0 Å². The minimum absolute atomic E-state index is 0.00572. The van der Waals surface area contributed by atoms with Gasteiger partial charge >= 0.3 is 11.2 Å². The van der Waals surface area contributed by atoms with Crippen molar-refractivity contribution in [2.45, 2.75) is 36.2 Å². The molecule has 2 aromatic heterocycles. The zero-order valence-corrected chi connectivity index (χ0v) is 17.4. The number of thioether (sulfide) groups is 1. The number of pyridine rings is 1. The van der Waals surface area contributed by atoms with Crippen LogP contribution < -0.4 is 10.6 Å². The maximum absolute atomic E-state index is 12.9. The standard InChI is InChI=1S/C21H21F3N4O2S/c22-21(23,24)31-17-6-4-16(5-7-17)28-19(29)14-27(20(28)30)13-15-8-9-25-12-18(15)26-10-2-1-3-11-26/h4-9,12,14,29H,1-3,10-11,13H2. The summed E-state index contributed by atoms with van der Waals surface area (Å²) in [5, 5.41) is 10.4. The fourth-order valence-electron chi connectivity index (χ4n) is 3.78. The molecule has 4 rings (SSSR count). The minimum atomic E-state index is -4.39. The average molecular weight is 450 g/mol. The van der Waals surface area contributed by atoms with Crippen LogP contribution in [-0.2, 0) is 6.54 Å². The first-order chi connectivity index (χ1) is 14.8. The highest BCUT2D eigenvalue weighted by molar-refractivity contribution is 8.00. The van der Waals surface area contributed by atoms with E-state index in [9.17, 15) is 23.1 Å². The number of aromatic hydroxyl groups is 1. The fraction of sp³-hybridized carbons (Fsp3) is 0.333. The summed E-state index contributed by atoms with van der Waals surface area (Å²) in [6.07, 6.45) is 8.20. The van der Waals surface area contributed by atoms with Crippen molar-refractivity contribution in [3.05, 3.63) is 65.0 Å². The van der Waals surface area contributed by atoms with Crippen molar-refractivity contribution in [1.82, 2.24) is 14.1 Å². The van der Waals surface area contributed by atoms with E-state index in [4.69, 9.17) is 0 Å². The average Bonchev–Trinajstić information content (AvgIpc) is 3.02. The van der Waals surface area contributed by atoms with Crippen molar-refractivity contribution in [1.29, 1.82) is 0 Å². The molecule has 10 heteroatoms. The highest BCUT2D eigenvalue weighted by Crippen LogP contribution is 2.37. The molecule has 3 aromatic rings. The Morgan fingerprint density at radius 1 is 1.06 bits per heavy atom. The first kappa shape index (κ1) is 21.4. The molecule has 0 bridgehead atoms. The monoisotopic (exact) mass is 450 g/mol. The molecule has 3 heterocycles. The molecule has 1 aromatic carbocycles. The molecular weight excluding hydrogens is 429 g/mol. The van der Waals surface area contributed by atoms with Crippen LogP contribution in [0.5, 0.6) is 5.88 Å². The molecule has 1 saturated heterocycles. The van der Waals surface area contributed by atoms with Crippen LogP contribution in [-0.4, -0.2) is 37.8 Å². The lowest BCUT2D eigenvalue weighted by molar-refractivity contribution is -0.0328. The van der Waals surface area contributed by atoms with Crippen LogP contribution >= 0.6 is 11.8 Å². The molecular formula is C21H21F3N4O2S. The summed E-state index contributed by atoms with van der Waals surface area (Å²) < 4.78 is 40.0. The highest BCUT2D eigenvalue weighted by Gasteiger charge is 2.29. The molecule has 0 unspecified atom stereocenters. The molecule has 0 aliphatic carbocycles. The molecule has 0 spiro atoms. The van der Waals surface area contributed by atoms with Crippen molar-refractivity contribution >= 4 is 17.4 Å². The number of halogens is 3. The maximum Gasteiger partial charge on any atom is 0.446 e. The quantitative estimate of drug-likeness (QED) is 0.584. The van der Waals surface area contributed by atoms with E-state index in [0.717, 1.165) is 41.7 Å². The Kier molecular flexibility index (Phi) is 5.99. The molecule has 0 radical (unpaired) electrons. The second-order valence-corrected chi connectivity index (χ2v) is 8.47. The largest absolute Gasteiger partial charge is 0.493 e. The van der Waals surface area contributed by atoms with Crippen LogP contribution in [0.2, 0.25) is 0 Å². The maximum atomic E-state index is 12.9. The van der Waals surface area contributed by atoms with Crippen LogP contribution in [0.3, 0.4) is 0 Å². The van der Waals surface area contributed by atoms with Gasteiger partial charge in [-0.05, 0) is 66.9 Å². The van der Waals surface area contributed by atoms with Gasteiger partial charge in [0, 0.05) is 24.2 Å². The van der Waals surface area contributed by atoms with Gasteiger partial charge < -0.3 is 10.0 Å². The number of hydrogen-bond donors (Lipinski definition) is 1. The third kappa shape index (κ3) is 4.90. The van der Waals surface area contributed by atoms with Crippen molar-refractivity contribution < 1.29 is 18.3 Å². The molecule has 164 valence electrons. The third-order valence-corrected chi connectivity index (χ3v) is 5.93. The molecule has 0 amide bonds. The first-order valence-corrected chi connectivity index (χ1v) is 10.7. The van der Waals surface area contributed by atoms with Gasteiger partial charge in [0.25, 0.3) is 0 Å². The van der Waals surface area contributed by atoms with Crippen molar-refractivity contribution in [2.75, 3.05) is 18.0 Å². The molecule has 1 N–H and O–H groups in total. The predicted octanol–water partition coefficient (Wildman–Crippen LogP) is 4.39. The molecule has 0 atom stereocenters. The van der Waals surface area contributed by atoms with Gasteiger partial charge in [-0.1, -0.05) is 0 Å². The number of anilines is 1. The fourth-order valence-corrected chi connectivity index (χ4v) is 4.32. The van der Waals surface area contributed by atoms with Crippen LogP contribution in [0, 0.1) is 0 Å². The van der Waals surface area contributed by atoms with E-state index in [1.54, 1.807) is 12.4 Å². The molecule has 1 aliphatic heterocycles. The number of rotatable bonds is 5. The van der Waals surface area contributed by atoms with E-state index < -0.39 is 11.2 Å². The lowest BCUT2D eigenvalue weighted by Gasteiger charge is -2.30. The van der Waals surface area contributed by atoms with Crippen molar-refractivity contribution in [3.63, 3.8) is 0 Å². The number of nitrogens with zero attached hydrogens (tertiary/aromatic N) is 4. The molecule has 0 saturated carbocycles. The summed E-state index contributed by atoms with van der Waals surface area (Å²) in [6.45, 7) is 2.11. The van der Waals surface area contributed by atoms with Crippen LogP contribution in [0.4, 0.5) is 18.9 Å². The number of piperidine rings is 1. The lowest BCUT2D eigenvalue weighted by Crippen LogP contribution is -2.31. The Bertz CT molecular complexity index is 1100. The van der Waals surface area contributed by atoms with Gasteiger partial charge in [-0.2, -0.15) is 13.2 Å². The Morgan fingerprint density at radius 2 is 1.77 bits per heavy atom. The molecule has 31 heavy (non-hydrogen) atoms. The lowest BCUT2D eigenvalue weighted by atomic mass is 10.1. The number of imidazole rings is 1. The van der Waals surface area contributed by atoms with E-state index in [0.29, 0.717) is 5.69 Å². The van der Waals surface area contributed by atoms with Gasteiger partial charge in [-0.25, -0.2) is 9.36 Å². The second kappa shape index (κ2) is 8.70. The Balaban J connectivity index is 1.61. The summed E-state index contributed by atoms with van der Waals surface area (Å²) in [6, 6.07) is 7.16. The van der Waals surface area contributed by atoms with Gasteiger partial charge in [-0.15, -0.1) is 0 Å². The van der Waals surface area contributed by atoms with Gasteiger partial charge in [0.1, 0.15) is 0 Å². The van der Waals surface area contributed by atoms with Gasteiger partial charge in [0.05, 0.1) is 30.3 Å². The summed E-state index contributed by atoms with van der Waals surface area (Å²) in [7, 11) is 0. The zero-order chi connectivity index (χ0) is 22.0. The van der Waals surface area contributed by atoms with Gasteiger partial charge in [0.15, 0.2) is 0 Å². The molecule has 1 fully saturated rings. The topological polar surface area (TPSA) is 63.3 Å². The van der Waals surface area contributed by atoms with Crippen molar-refractivity contribution in [3.8, 4) is 11.6 Å². The van der Waals surface area contributed by atoms with E-state index in [1.165, 1.54) is 41.5 Å². The van der Waals surface area contributed by atoms with Crippen LogP contribution in [0.15, 0.2) is 58.6 Å². The molecule has 6 nitrogen and oxygen atoms in total. The van der Waals surface area contributed by atoms with E-state index in [1.807, 2.05) is 6.07 Å². The van der Waals surface area contributed by atoms with Crippen LogP contribution in [0.25, 0.3) is 5.69 Å². The minimum Gasteiger partial charge on any atom is -0.493 e. The normalized spacial score (nSPS) is 14.7. The zero-order valence-electron chi connectivity index (χ0n) is 16.5. The SMILES string of the molecule is O=c1n(Cc2ccncc2N2CCCCC2)cc(O)n1-c1ccc(SC(F)(F)F)cc1. The van der Waals surface area contributed by atoms with E-state index >= 15 is 0 Å². The number of benzene rings is 1. The smallest absolute Gasteiger partial charge is 0.446 e. The van der Waals surface area contributed by atoms with E-state index in [2.05, 4.69) is 9.88 Å².